The van der Waals surface area contributed by atoms with Crippen LogP contribution in [-0.4, -0.2) is 6.67 Å². The van der Waals surface area contributed by atoms with Crippen LogP contribution in [0.2, 0.25) is 0 Å². The maximum absolute atomic E-state index is 12.2. The molecule has 1 nitrogen and oxygen atoms in total. The molecule has 0 spiro atoms. The van der Waals surface area contributed by atoms with Crippen molar-refractivity contribution in [1.29, 1.82) is 5.26 Å². The van der Waals surface area contributed by atoms with Crippen LogP contribution in [0.15, 0.2) is 60.7 Å². The van der Waals surface area contributed by atoms with Gasteiger partial charge in [0.25, 0.3) is 0 Å². The van der Waals surface area contributed by atoms with Gasteiger partial charge in [0.1, 0.15) is 0 Å². The molecule has 1 saturated carbocycles. The van der Waals surface area contributed by atoms with Crippen LogP contribution < -0.4 is 0 Å². The number of nitriles is 1. The Balaban J connectivity index is 1.60. The highest BCUT2D eigenvalue weighted by Crippen LogP contribution is 2.37. The van der Waals surface area contributed by atoms with Gasteiger partial charge in [0.2, 0.25) is 0 Å². The van der Waals surface area contributed by atoms with Gasteiger partial charge in [-0.25, -0.2) is 0 Å². The van der Waals surface area contributed by atoms with E-state index >= 15 is 0 Å². The summed E-state index contributed by atoms with van der Waals surface area (Å²) < 4.78 is 12.2. The molecule has 0 unspecified atom stereocenters. The van der Waals surface area contributed by atoms with Gasteiger partial charge >= 0.3 is 0 Å². The van der Waals surface area contributed by atoms with Crippen LogP contribution in [0.3, 0.4) is 0 Å². The van der Waals surface area contributed by atoms with Gasteiger partial charge in [0.05, 0.1) is 18.3 Å². The van der Waals surface area contributed by atoms with Crippen molar-refractivity contribution in [1.82, 2.24) is 0 Å². The summed E-state index contributed by atoms with van der Waals surface area (Å²) >= 11 is 0. The molecule has 0 saturated heterocycles. The lowest BCUT2D eigenvalue weighted by atomic mass is 9.78. The van der Waals surface area contributed by atoms with E-state index in [1.165, 1.54) is 36.8 Å². The Kier molecular flexibility index (Phi) is 6.01. The standard InChI is InChI=1S/C23H24FN/c24-16-2-1-3-18-4-8-20(9-5-18)22-12-14-23(15-13-22)21-10-6-19(17-25)7-11-21/h1,3,6-7,10-15,18,20H,2,4-5,8-9,16H2/t18-,20-. The first-order valence-corrected chi connectivity index (χ1v) is 9.13. The predicted molar refractivity (Wildman–Crippen MR) is 101 cm³/mol. The second kappa shape index (κ2) is 8.62. The molecule has 0 aromatic heterocycles. The SMILES string of the molecule is N#Cc1ccc(-c2ccc([C@H]3CC[C@H](C=CCCF)CC3)cc2)cc1. The van der Waals surface area contributed by atoms with E-state index in [-0.39, 0.29) is 6.67 Å². The van der Waals surface area contributed by atoms with E-state index in [0.29, 0.717) is 23.8 Å². The number of hydrogen-bond acceptors (Lipinski definition) is 1. The molecular weight excluding hydrogens is 309 g/mol. The van der Waals surface area contributed by atoms with Crippen molar-refractivity contribution >= 4 is 0 Å². The fourth-order valence-electron chi connectivity index (χ4n) is 3.68. The maximum Gasteiger partial charge on any atom is 0.0991 e. The highest BCUT2D eigenvalue weighted by atomic mass is 19.1. The molecule has 2 aromatic rings. The second-order valence-electron chi connectivity index (χ2n) is 6.83. The smallest absolute Gasteiger partial charge is 0.0991 e. The Morgan fingerprint density at radius 2 is 1.52 bits per heavy atom. The van der Waals surface area contributed by atoms with E-state index in [2.05, 4.69) is 36.4 Å². The first kappa shape index (κ1) is 17.4. The lowest BCUT2D eigenvalue weighted by molar-refractivity contribution is 0.375. The third-order valence-electron chi connectivity index (χ3n) is 5.19. The summed E-state index contributed by atoms with van der Waals surface area (Å²) in [4.78, 5) is 0. The van der Waals surface area contributed by atoms with Crippen LogP contribution in [0.25, 0.3) is 11.1 Å². The van der Waals surface area contributed by atoms with Gasteiger partial charge in [-0.2, -0.15) is 5.26 Å². The largest absolute Gasteiger partial charge is 0.251 e. The second-order valence-corrected chi connectivity index (χ2v) is 6.83. The zero-order valence-corrected chi connectivity index (χ0v) is 14.5. The summed E-state index contributed by atoms with van der Waals surface area (Å²) in [5, 5.41) is 8.89. The number of nitrogens with zero attached hydrogens (tertiary/aromatic N) is 1. The Bertz CT molecular complexity index is 729. The van der Waals surface area contributed by atoms with Crippen LogP contribution in [0.1, 0.15) is 49.1 Å². The van der Waals surface area contributed by atoms with E-state index in [1.807, 2.05) is 30.3 Å². The van der Waals surface area contributed by atoms with E-state index < -0.39 is 0 Å². The van der Waals surface area contributed by atoms with Crippen LogP contribution in [0.4, 0.5) is 4.39 Å². The van der Waals surface area contributed by atoms with Crippen molar-refractivity contribution in [3.05, 3.63) is 71.8 Å². The molecule has 3 rings (SSSR count). The van der Waals surface area contributed by atoms with Crippen molar-refractivity contribution in [3.63, 3.8) is 0 Å². The average molecular weight is 333 g/mol. The lowest BCUT2D eigenvalue weighted by Gasteiger charge is -2.27. The topological polar surface area (TPSA) is 23.8 Å². The monoisotopic (exact) mass is 333 g/mol. The number of alkyl halides is 1. The minimum absolute atomic E-state index is 0.253. The van der Waals surface area contributed by atoms with Crippen molar-refractivity contribution in [2.75, 3.05) is 6.67 Å². The Morgan fingerprint density at radius 1 is 0.920 bits per heavy atom. The van der Waals surface area contributed by atoms with E-state index in [9.17, 15) is 4.39 Å². The van der Waals surface area contributed by atoms with E-state index in [1.54, 1.807) is 0 Å². The number of allylic oxidation sites excluding steroid dienone is 2. The molecule has 1 aliphatic rings. The third-order valence-corrected chi connectivity index (χ3v) is 5.19. The molecule has 0 amide bonds. The predicted octanol–water partition coefficient (Wildman–Crippen LogP) is 6.41. The minimum Gasteiger partial charge on any atom is -0.251 e. The molecule has 0 N–H and O–H groups in total. The number of hydrogen-bond donors (Lipinski definition) is 0. The summed E-state index contributed by atoms with van der Waals surface area (Å²) in [7, 11) is 0. The lowest BCUT2D eigenvalue weighted by Crippen LogP contribution is -2.11. The fourth-order valence-corrected chi connectivity index (χ4v) is 3.68. The molecule has 1 fully saturated rings. The van der Waals surface area contributed by atoms with Gasteiger partial charge in [0, 0.05) is 0 Å². The van der Waals surface area contributed by atoms with Crippen molar-refractivity contribution in [3.8, 4) is 17.2 Å². The minimum atomic E-state index is -0.253. The van der Waals surface area contributed by atoms with Crippen molar-refractivity contribution in [2.45, 2.75) is 38.0 Å². The Labute approximate surface area is 149 Å². The number of rotatable bonds is 5. The summed E-state index contributed by atoms with van der Waals surface area (Å²) in [6, 6.07) is 18.7. The zero-order valence-electron chi connectivity index (χ0n) is 14.5. The Hall–Kier alpha value is -2.40. The van der Waals surface area contributed by atoms with Crippen LogP contribution in [0, 0.1) is 17.2 Å². The zero-order chi connectivity index (χ0) is 17.5. The summed E-state index contributed by atoms with van der Waals surface area (Å²) in [6.45, 7) is -0.253. The van der Waals surface area contributed by atoms with Gasteiger partial charge in [-0.05, 0) is 72.8 Å². The molecule has 128 valence electrons. The molecule has 25 heavy (non-hydrogen) atoms. The molecule has 0 heterocycles. The van der Waals surface area contributed by atoms with Crippen LogP contribution in [0.5, 0.6) is 0 Å². The maximum atomic E-state index is 12.2. The van der Waals surface area contributed by atoms with Gasteiger partial charge in [-0.15, -0.1) is 0 Å². The Morgan fingerprint density at radius 3 is 2.08 bits per heavy atom. The normalized spacial score (nSPS) is 20.5. The van der Waals surface area contributed by atoms with E-state index in [0.717, 1.165) is 5.56 Å². The van der Waals surface area contributed by atoms with Gasteiger partial charge in [0.15, 0.2) is 0 Å². The molecule has 0 radical (unpaired) electrons. The highest BCUT2D eigenvalue weighted by Gasteiger charge is 2.20. The quantitative estimate of drug-likeness (QED) is 0.580. The molecule has 0 bridgehead atoms. The summed E-state index contributed by atoms with van der Waals surface area (Å²) in [6.07, 6.45) is 9.58. The summed E-state index contributed by atoms with van der Waals surface area (Å²) in [5.74, 6) is 1.27. The van der Waals surface area contributed by atoms with Gasteiger partial charge in [-0.1, -0.05) is 48.6 Å². The molecular formula is C23H24FN. The first-order valence-electron chi connectivity index (χ1n) is 9.13. The van der Waals surface area contributed by atoms with Gasteiger partial charge < -0.3 is 0 Å². The van der Waals surface area contributed by atoms with Gasteiger partial charge in [-0.3, -0.25) is 4.39 Å². The molecule has 0 aliphatic heterocycles. The molecule has 2 heteroatoms. The van der Waals surface area contributed by atoms with Crippen molar-refractivity contribution in [2.24, 2.45) is 5.92 Å². The third kappa shape index (κ3) is 4.57. The highest BCUT2D eigenvalue weighted by molar-refractivity contribution is 5.64. The van der Waals surface area contributed by atoms with Crippen LogP contribution >= 0.6 is 0 Å². The number of benzene rings is 2. The molecule has 2 aromatic carbocycles. The van der Waals surface area contributed by atoms with Crippen molar-refractivity contribution < 1.29 is 4.39 Å². The summed E-state index contributed by atoms with van der Waals surface area (Å²) in [5.41, 5.74) is 4.45. The fraction of sp³-hybridized carbons (Fsp3) is 0.348. The van der Waals surface area contributed by atoms with Crippen LogP contribution in [-0.2, 0) is 0 Å². The molecule has 0 atom stereocenters. The number of halogens is 1. The first-order chi connectivity index (χ1) is 12.3. The van der Waals surface area contributed by atoms with E-state index in [4.69, 9.17) is 5.26 Å². The molecule has 1 aliphatic carbocycles. The average Bonchev–Trinajstić information content (AvgIpc) is 2.69.